The monoisotopic (exact) mass is 316 g/mol. The molecule has 2 aliphatic rings. The minimum atomic E-state index is -0.646. The minimum Gasteiger partial charge on any atom is -0.428 e. The van der Waals surface area contributed by atoms with E-state index in [0.29, 0.717) is 11.7 Å². The zero-order valence-electron chi connectivity index (χ0n) is 14.8. The first-order chi connectivity index (χ1) is 10.7. The quantitative estimate of drug-likeness (QED) is 0.541. The van der Waals surface area contributed by atoms with Gasteiger partial charge in [-0.05, 0) is 80.9 Å². The van der Waals surface area contributed by atoms with Gasteiger partial charge in [-0.3, -0.25) is 0 Å². The van der Waals surface area contributed by atoms with Gasteiger partial charge in [-0.15, -0.1) is 0 Å². The Kier molecular flexibility index (Phi) is 4.16. The van der Waals surface area contributed by atoms with E-state index in [4.69, 9.17) is 9.47 Å². The van der Waals surface area contributed by atoms with Gasteiger partial charge in [0.05, 0.1) is 0 Å². The van der Waals surface area contributed by atoms with E-state index in [1.54, 1.807) is 0 Å². The average Bonchev–Trinajstić information content (AvgIpc) is 2.99. The molecule has 0 aromatic heterocycles. The molecule has 3 heteroatoms. The average molecular weight is 316 g/mol. The van der Waals surface area contributed by atoms with Gasteiger partial charge in [0.2, 0.25) is 0 Å². The van der Waals surface area contributed by atoms with Gasteiger partial charge in [-0.1, -0.05) is 26.0 Å². The van der Waals surface area contributed by atoms with E-state index >= 15 is 0 Å². The molecule has 0 radical (unpaired) electrons. The summed E-state index contributed by atoms with van der Waals surface area (Å²) >= 11 is 0. The number of ether oxygens (including phenoxy) is 2. The van der Waals surface area contributed by atoms with Crippen LogP contribution < -0.4 is 4.74 Å². The fourth-order valence-corrected chi connectivity index (χ4v) is 4.47. The summed E-state index contributed by atoms with van der Waals surface area (Å²) in [5.41, 5.74) is 0.847. The Morgan fingerprint density at radius 2 is 1.70 bits per heavy atom. The lowest BCUT2D eigenvalue weighted by atomic mass is 9.73. The van der Waals surface area contributed by atoms with Gasteiger partial charge in [-0.2, -0.15) is 0 Å². The van der Waals surface area contributed by atoms with Crippen LogP contribution in [0.5, 0.6) is 5.75 Å². The number of benzene rings is 1. The molecule has 2 saturated carbocycles. The first kappa shape index (κ1) is 16.4. The summed E-state index contributed by atoms with van der Waals surface area (Å²) in [6.45, 7) is 10.3. The molecule has 0 heterocycles. The van der Waals surface area contributed by atoms with Crippen molar-refractivity contribution in [2.45, 2.75) is 59.0 Å². The molecule has 3 nitrogen and oxygen atoms in total. The van der Waals surface area contributed by atoms with Crippen molar-refractivity contribution in [3.8, 4) is 5.75 Å². The molecule has 1 aromatic carbocycles. The third-order valence-electron chi connectivity index (χ3n) is 5.80. The Bertz CT molecular complexity index is 568. The van der Waals surface area contributed by atoms with Gasteiger partial charge >= 0.3 is 6.16 Å². The van der Waals surface area contributed by atoms with E-state index < -0.39 is 11.8 Å². The second kappa shape index (κ2) is 5.85. The first-order valence-corrected chi connectivity index (χ1v) is 8.75. The van der Waals surface area contributed by atoms with Gasteiger partial charge in [-0.25, -0.2) is 4.79 Å². The minimum absolute atomic E-state index is 0.535. The molecular weight excluding hydrogens is 288 g/mol. The van der Waals surface area contributed by atoms with Gasteiger partial charge in [0.25, 0.3) is 0 Å². The van der Waals surface area contributed by atoms with Gasteiger partial charge < -0.3 is 9.47 Å². The Morgan fingerprint density at radius 1 is 1.04 bits per heavy atom. The summed E-state index contributed by atoms with van der Waals surface area (Å²) < 4.78 is 10.4. The van der Waals surface area contributed by atoms with E-state index in [9.17, 15) is 4.79 Å². The molecule has 0 amide bonds. The number of fused-ring (bicyclic) bond motifs is 2. The maximum absolute atomic E-state index is 11.7. The number of carbonyl (C=O) groups excluding carboxylic acids is 1. The number of hydrogen-bond donors (Lipinski definition) is 0. The van der Waals surface area contributed by atoms with Crippen molar-refractivity contribution in [2.75, 3.05) is 0 Å². The molecule has 0 spiro atoms. The SMILES string of the molecule is CC1C2CC(c3ccc(OC(=O)OC(C)(C)C)cc3)C(C2)C1C. The molecule has 0 saturated heterocycles. The lowest BCUT2D eigenvalue weighted by molar-refractivity contribution is 0.0206. The number of rotatable bonds is 2. The second-order valence-electron chi connectivity index (χ2n) is 8.36. The number of carbonyl (C=O) groups is 1. The van der Waals surface area contributed by atoms with Crippen LogP contribution in [-0.4, -0.2) is 11.8 Å². The van der Waals surface area contributed by atoms with Crippen molar-refractivity contribution in [3.63, 3.8) is 0 Å². The van der Waals surface area contributed by atoms with Gasteiger partial charge in [0.1, 0.15) is 11.4 Å². The third-order valence-corrected chi connectivity index (χ3v) is 5.80. The fraction of sp³-hybridized carbons (Fsp3) is 0.650. The molecule has 1 aromatic rings. The van der Waals surface area contributed by atoms with Gasteiger partial charge in [0, 0.05) is 0 Å². The predicted octanol–water partition coefficient (Wildman–Crippen LogP) is 5.40. The largest absolute Gasteiger partial charge is 0.514 e. The van der Waals surface area contributed by atoms with E-state index in [1.165, 1.54) is 18.4 Å². The molecule has 5 unspecified atom stereocenters. The summed E-state index contributed by atoms with van der Waals surface area (Å²) in [5, 5.41) is 0. The van der Waals surface area contributed by atoms with E-state index in [-0.39, 0.29) is 0 Å². The topological polar surface area (TPSA) is 35.5 Å². The van der Waals surface area contributed by atoms with Crippen molar-refractivity contribution in [1.82, 2.24) is 0 Å². The Labute approximate surface area is 139 Å². The highest BCUT2D eigenvalue weighted by Gasteiger charge is 2.48. The summed E-state index contributed by atoms with van der Waals surface area (Å²) in [4.78, 5) is 11.7. The zero-order chi connectivity index (χ0) is 16.8. The fourth-order valence-electron chi connectivity index (χ4n) is 4.47. The van der Waals surface area contributed by atoms with Crippen molar-refractivity contribution in [1.29, 1.82) is 0 Å². The van der Waals surface area contributed by atoms with Crippen LogP contribution in [0.2, 0.25) is 0 Å². The molecule has 2 bridgehead atoms. The van der Waals surface area contributed by atoms with Gasteiger partial charge in [0.15, 0.2) is 0 Å². The second-order valence-corrected chi connectivity index (χ2v) is 8.36. The summed E-state index contributed by atoms with van der Waals surface area (Å²) in [7, 11) is 0. The summed E-state index contributed by atoms with van der Waals surface area (Å²) in [6, 6.07) is 8.00. The van der Waals surface area contributed by atoms with Crippen LogP contribution in [0.4, 0.5) is 4.79 Å². The molecule has 2 aliphatic carbocycles. The Balaban J connectivity index is 1.63. The maximum Gasteiger partial charge on any atom is 0.514 e. The van der Waals surface area contributed by atoms with Crippen LogP contribution in [0.3, 0.4) is 0 Å². The highest BCUT2D eigenvalue weighted by atomic mass is 16.7. The number of hydrogen-bond acceptors (Lipinski definition) is 3. The third kappa shape index (κ3) is 3.39. The van der Waals surface area contributed by atoms with E-state index in [2.05, 4.69) is 26.0 Å². The van der Waals surface area contributed by atoms with Crippen LogP contribution in [0, 0.1) is 23.7 Å². The van der Waals surface area contributed by atoms with E-state index in [1.807, 2.05) is 32.9 Å². The Morgan fingerprint density at radius 3 is 2.22 bits per heavy atom. The Hall–Kier alpha value is -1.51. The van der Waals surface area contributed by atoms with E-state index in [0.717, 1.165) is 23.7 Å². The smallest absolute Gasteiger partial charge is 0.428 e. The maximum atomic E-state index is 11.7. The molecular formula is C20H28O3. The molecule has 126 valence electrons. The summed E-state index contributed by atoms with van der Waals surface area (Å²) in [5.74, 6) is 4.60. The van der Waals surface area contributed by atoms with Crippen molar-refractivity contribution in [2.24, 2.45) is 23.7 Å². The van der Waals surface area contributed by atoms with Crippen LogP contribution in [0.1, 0.15) is 58.9 Å². The first-order valence-electron chi connectivity index (χ1n) is 8.75. The molecule has 23 heavy (non-hydrogen) atoms. The lowest BCUT2D eigenvalue weighted by Crippen LogP contribution is -2.26. The molecule has 5 atom stereocenters. The van der Waals surface area contributed by atoms with Crippen LogP contribution in [-0.2, 0) is 4.74 Å². The molecule has 3 rings (SSSR count). The highest BCUT2D eigenvalue weighted by Crippen LogP contribution is 2.58. The van der Waals surface area contributed by atoms with Crippen molar-refractivity contribution < 1.29 is 14.3 Å². The lowest BCUT2D eigenvalue weighted by Gasteiger charge is -2.32. The molecule has 0 aliphatic heterocycles. The van der Waals surface area contributed by atoms with Crippen molar-refractivity contribution in [3.05, 3.63) is 29.8 Å². The van der Waals surface area contributed by atoms with Crippen LogP contribution in [0.15, 0.2) is 24.3 Å². The van der Waals surface area contributed by atoms with Crippen molar-refractivity contribution >= 4 is 6.16 Å². The standard InChI is InChI=1S/C20H28O3/c1-12-13(2)17-10-15(12)11-18(17)14-6-8-16(9-7-14)22-19(21)23-20(3,4)5/h6-9,12-13,15,17-18H,10-11H2,1-5H3. The zero-order valence-corrected chi connectivity index (χ0v) is 14.8. The molecule has 0 N–H and O–H groups in total. The summed E-state index contributed by atoms with van der Waals surface area (Å²) in [6.07, 6.45) is 2.04. The van der Waals surface area contributed by atoms with Crippen LogP contribution in [0.25, 0.3) is 0 Å². The predicted molar refractivity (Wildman–Crippen MR) is 90.6 cm³/mol. The van der Waals surface area contributed by atoms with Crippen LogP contribution >= 0.6 is 0 Å². The highest BCUT2D eigenvalue weighted by molar-refractivity contribution is 5.64. The molecule has 2 fully saturated rings. The normalized spacial score (nSPS) is 32.8.